The topological polar surface area (TPSA) is 64.7 Å². The van der Waals surface area contributed by atoms with E-state index in [9.17, 15) is 0 Å². The fourth-order valence-corrected chi connectivity index (χ4v) is 8.06. The molecule has 44 heavy (non-hydrogen) atoms. The Hall–Kier alpha value is -5.42. The fourth-order valence-electron chi connectivity index (χ4n) is 5.76. The average Bonchev–Trinajstić information content (AvgIpc) is 3.71. The van der Waals surface area contributed by atoms with Gasteiger partial charge in [0.1, 0.15) is 0 Å². The van der Waals surface area contributed by atoms with Gasteiger partial charge in [0.05, 0.1) is 0 Å². The van der Waals surface area contributed by atoms with Crippen LogP contribution in [0, 0.1) is 0 Å². The molecule has 0 aliphatic rings. The van der Waals surface area contributed by atoms with Gasteiger partial charge in [-0.1, -0.05) is 12.1 Å². The number of aromatic nitrogens is 4. The average molecular weight is 630 g/mol. The summed E-state index contributed by atoms with van der Waals surface area (Å²) in [5.41, 5.74) is 6.75. The number of furan rings is 1. The summed E-state index contributed by atoms with van der Waals surface area (Å²) in [6, 6.07) is 45.6. The van der Waals surface area contributed by atoms with Crippen LogP contribution in [0.15, 0.2) is 138 Å². The molecule has 3 heterocycles. The first-order chi connectivity index (χ1) is 21.8. The zero-order chi connectivity index (χ0) is 29.0. The molecule has 0 saturated heterocycles. The summed E-state index contributed by atoms with van der Waals surface area (Å²) in [7, 11) is 0. The molecule has 0 fully saturated rings. The zero-order valence-electron chi connectivity index (χ0n) is 23.3. The molecule has 3 aromatic heterocycles. The molecule has 6 aromatic carbocycles. The van der Waals surface area contributed by atoms with Crippen molar-refractivity contribution in [3.05, 3.63) is 133 Å². The Balaban J connectivity index is 1.23. The number of nitrogens with zero attached hydrogens (tertiary/aromatic N) is 4. The van der Waals surface area contributed by atoms with Crippen molar-refractivity contribution >= 4 is 57.0 Å². The summed E-state index contributed by atoms with van der Waals surface area (Å²) in [4.78, 5) is 20.0. The van der Waals surface area contributed by atoms with Gasteiger partial charge in [0, 0.05) is 0 Å². The van der Waals surface area contributed by atoms with Crippen molar-refractivity contribution in [2.75, 3.05) is 0 Å². The van der Waals surface area contributed by atoms with Crippen molar-refractivity contribution in [1.29, 1.82) is 0 Å². The van der Waals surface area contributed by atoms with Crippen LogP contribution in [0.3, 0.4) is 0 Å². The van der Waals surface area contributed by atoms with E-state index >= 15 is 0 Å². The predicted molar refractivity (Wildman–Crippen MR) is 179 cm³/mol. The van der Waals surface area contributed by atoms with Crippen molar-refractivity contribution in [2.45, 2.75) is 0 Å². The van der Waals surface area contributed by atoms with Gasteiger partial charge in [-0.15, -0.1) is 0 Å². The normalized spacial score (nSPS) is 11.6. The van der Waals surface area contributed by atoms with Gasteiger partial charge in [-0.3, -0.25) is 0 Å². The first-order valence-electron chi connectivity index (χ1n) is 14.4. The first-order valence-corrected chi connectivity index (χ1v) is 16.1. The van der Waals surface area contributed by atoms with E-state index in [1.807, 2.05) is 66.7 Å². The molecule has 0 aliphatic carbocycles. The molecule has 0 atom stereocenters. The van der Waals surface area contributed by atoms with Crippen molar-refractivity contribution in [2.24, 2.45) is 0 Å². The summed E-state index contributed by atoms with van der Waals surface area (Å²) < 4.78 is 8.53. The van der Waals surface area contributed by atoms with Crippen LogP contribution in [0.2, 0.25) is 0 Å². The molecular weight excluding hydrogens is 607 g/mol. The zero-order valence-corrected chi connectivity index (χ0v) is 25.0. The van der Waals surface area contributed by atoms with Gasteiger partial charge in [-0.25, -0.2) is 0 Å². The van der Waals surface area contributed by atoms with Gasteiger partial charge in [0.2, 0.25) is 0 Å². The van der Waals surface area contributed by atoms with Gasteiger partial charge in [0.15, 0.2) is 0 Å². The molecule has 9 rings (SSSR count). The molecule has 0 amide bonds. The summed E-state index contributed by atoms with van der Waals surface area (Å²) in [5.74, 6) is 1.90. The molecule has 0 saturated carbocycles. The standard InChI is InChI=1S/C38H22N4OSe/c1-3-9-24(10-4-1)35-40-36(42-37(41-35)27-18-20-33-30(22-27)28-13-7-8-14-32(28)43-33)26-16-15-23-17-19-31-34(29(23)21-26)44-38(39-31)25-11-5-2-6-12-25/h1-22H. The third-order valence-electron chi connectivity index (χ3n) is 7.95. The molecule has 206 valence electrons. The Kier molecular flexibility index (Phi) is 5.76. The van der Waals surface area contributed by atoms with E-state index in [0.717, 1.165) is 48.7 Å². The summed E-state index contributed by atoms with van der Waals surface area (Å²) in [6.45, 7) is 0. The van der Waals surface area contributed by atoms with Crippen LogP contribution in [0.1, 0.15) is 0 Å². The van der Waals surface area contributed by atoms with E-state index < -0.39 is 0 Å². The number of rotatable bonds is 4. The minimum atomic E-state index is 0.0943. The molecule has 0 unspecified atom stereocenters. The van der Waals surface area contributed by atoms with Crippen LogP contribution in [0.5, 0.6) is 0 Å². The third kappa shape index (κ3) is 4.23. The number of hydrogen-bond acceptors (Lipinski definition) is 5. The van der Waals surface area contributed by atoms with Crippen LogP contribution in [0.4, 0.5) is 0 Å². The van der Waals surface area contributed by atoms with E-state index in [0.29, 0.717) is 17.5 Å². The molecular formula is C38H22N4OSe. The molecule has 0 radical (unpaired) electrons. The molecule has 6 heteroatoms. The van der Waals surface area contributed by atoms with Crippen LogP contribution in [-0.4, -0.2) is 34.4 Å². The van der Waals surface area contributed by atoms with Crippen LogP contribution >= 0.6 is 0 Å². The Morgan fingerprint density at radius 1 is 0.432 bits per heavy atom. The molecule has 0 aliphatic heterocycles. The SMILES string of the molecule is c1ccc(-c2nc(-c3ccc4oc5ccccc5c4c3)nc(-c3ccc4ccc5nc(-c6ccccc6)[se]c5c4c3)n2)cc1. The first kappa shape index (κ1) is 25.1. The fraction of sp³-hybridized carbons (Fsp3) is 0. The number of benzene rings is 6. The molecule has 0 bridgehead atoms. The van der Waals surface area contributed by atoms with E-state index in [1.165, 1.54) is 20.6 Å². The second-order valence-electron chi connectivity index (χ2n) is 10.7. The Morgan fingerprint density at radius 3 is 1.80 bits per heavy atom. The maximum absolute atomic E-state index is 6.08. The summed E-state index contributed by atoms with van der Waals surface area (Å²) in [5, 5.41) is 4.50. The minimum absolute atomic E-state index is 0.0943. The molecule has 5 nitrogen and oxygen atoms in total. The van der Waals surface area contributed by atoms with Crippen molar-refractivity contribution in [3.8, 4) is 44.3 Å². The monoisotopic (exact) mass is 630 g/mol. The predicted octanol–water partition coefficient (Wildman–Crippen LogP) is 9.20. The van der Waals surface area contributed by atoms with Gasteiger partial charge in [0.25, 0.3) is 0 Å². The van der Waals surface area contributed by atoms with Crippen LogP contribution in [-0.2, 0) is 0 Å². The van der Waals surface area contributed by atoms with Gasteiger partial charge >= 0.3 is 241 Å². The molecule has 9 aromatic rings. The van der Waals surface area contributed by atoms with Gasteiger partial charge in [-0.05, 0) is 6.07 Å². The molecule has 0 N–H and O–H groups in total. The number of fused-ring (bicyclic) bond motifs is 6. The maximum atomic E-state index is 6.08. The number of para-hydroxylation sites is 1. The van der Waals surface area contributed by atoms with Gasteiger partial charge < -0.3 is 0 Å². The summed E-state index contributed by atoms with van der Waals surface area (Å²) in [6.07, 6.45) is 0. The van der Waals surface area contributed by atoms with E-state index in [1.54, 1.807) is 0 Å². The van der Waals surface area contributed by atoms with Gasteiger partial charge in [-0.2, -0.15) is 0 Å². The second-order valence-corrected chi connectivity index (χ2v) is 12.8. The van der Waals surface area contributed by atoms with Crippen molar-refractivity contribution in [1.82, 2.24) is 19.9 Å². The van der Waals surface area contributed by atoms with E-state index in [4.69, 9.17) is 24.4 Å². The Bertz CT molecular complexity index is 2500. The Labute approximate surface area is 258 Å². The Morgan fingerprint density at radius 2 is 1.02 bits per heavy atom. The van der Waals surface area contributed by atoms with Crippen LogP contribution < -0.4 is 0 Å². The van der Waals surface area contributed by atoms with Crippen LogP contribution in [0.25, 0.3) is 86.8 Å². The summed E-state index contributed by atoms with van der Waals surface area (Å²) >= 11 is 0.0943. The van der Waals surface area contributed by atoms with Crippen molar-refractivity contribution in [3.63, 3.8) is 0 Å². The second kappa shape index (κ2) is 10.1. The number of hydrogen-bond donors (Lipinski definition) is 0. The quantitative estimate of drug-likeness (QED) is 0.182. The third-order valence-corrected chi connectivity index (χ3v) is 10.4. The van der Waals surface area contributed by atoms with E-state index in [-0.39, 0.29) is 14.5 Å². The molecule has 0 spiro atoms. The van der Waals surface area contributed by atoms with Crippen molar-refractivity contribution < 1.29 is 4.42 Å². The van der Waals surface area contributed by atoms with E-state index in [2.05, 4.69) is 66.7 Å².